The number of aromatic nitrogens is 2. The van der Waals surface area contributed by atoms with E-state index < -0.39 is 10.0 Å². The monoisotopic (exact) mass is 459 g/mol. The lowest BCUT2D eigenvalue weighted by atomic mass is 10.1. The zero-order valence-electron chi connectivity index (χ0n) is 16.2. The zero-order chi connectivity index (χ0) is 21.3. The Morgan fingerprint density at radius 3 is 2.43 bits per heavy atom. The summed E-state index contributed by atoms with van der Waals surface area (Å²) in [5.74, 6) is 0.582. The van der Waals surface area contributed by atoms with E-state index in [4.69, 9.17) is 16.1 Å². The third kappa shape index (κ3) is 3.86. The number of sulfonamides is 1. The van der Waals surface area contributed by atoms with E-state index in [2.05, 4.69) is 17.1 Å². The van der Waals surface area contributed by atoms with Crippen molar-refractivity contribution in [1.82, 2.24) is 10.1 Å². The van der Waals surface area contributed by atoms with Gasteiger partial charge < -0.3 is 4.52 Å². The molecule has 0 N–H and O–H groups in total. The molecule has 2 aromatic heterocycles. The lowest BCUT2D eigenvalue weighted by molar-refractivity contribution is 0.432. The molecule has 4 aromatic rings. The topological polar surface area (TPSA) is 76.3 Å². The molecule has 2 aromatic carbocycles. The van der Waals surface area contributed by atoms with Gasteiger partial charge in [0.1, 0.15) is 9.77 Å². The number of hydrogen-bond donors (Lipinski definition) is 0. The SMILES string of the molecule is CCc1ccc(-c2noc(-c3sccc3S(=O)(=O)N(C)c3ccc(Cl)cc3)n2)cc1. The molecule has 4 rings (SSSR count). The second-order valence-corrected chi connectivity index (χ2v) is 9.83. The highest BCUT2D eigenvalue weighted by Gasteiger charge is 2.28. The average molecular weight is 460 g/mol. The number of rotatable bonds is 6. The molecule has 0 saturated heterocycles. The average Bonchev–Trinajstić information content (AvgIpc) is 3.43. The Balaban J connectivity index is 1.67. The molecule has 0 radical (unpaired) electrons. The second kappa shape index (κ2) is 8.22. The van der Waals surface area contributed by atoms with Crippen molar-refractivity contribution in [1.29, 1.82) is 0 Å². The van der Waals surface area contributed by atoms with Crippen molar-refractivity contribution in [3.8, 4) is 22.2 Å². The molecule has 0 spiro atoms. The fourth-order valence-corrected chi connectivity index (χ4v) is 5.55. The maximum absolute atomic E-state index is 13.2. The molecule has 0 saturated carbocycles. The molecule has 0 unspecified atom stereocenters. The van der Waals surface area contributed by atoms with Crippen LogP contribution in [0.15, 0.2) is 69.4 Å². The van der Waals surface area contributed by atoms with Crippen molar-refractivity contribution in [3.05, 3.63) is 70.6 Å². The summed E-state index contributed by atoms with van der Waals surface area (Å²) in [6, 6.07) is 16.0. The fraction of sp³-hybridized carbons (Fsp3) is 0.143. The summed E-state index contributed by atoms with van der Waals surface area (Å²) in [7, 11) is -2.34. The van der Waals surface area contributed by atoms with Crippen molar-refractivity contribution in [2.24, 2.45) is 0 Å². The normalized spacial score (nSPS) is 11.6. The van der Waals surface area contributed by atoms with E-state index in [9.17, 15) is 8.42 Å². The molecule has 0 atom stereocenters. The minimum Gasteiger partial charge on any atom is -0.333 e. The highest BCUT2D eigenvalue weighted by Crippen LogP contribution is 2.35. The molecule has 0 amide bonds. The summed E-state index contributed by atoms with van der Waals surface area (Å²) in [4.78, 5) is 4.94. The number of halogens is 1. The lowest BCUT2D eigenvalue weighted by Crippen LogP contribution is -2.26. The van der Waals surface area contributed by atoms with Crippen LogP contribution in [0.3, 0.4) is 0 Å². The van der Waals surface area contributed by atoms with Gasteiger partial charge in [0.15, 0.2) is 0 Å². The fourth-order valence-electron chi connectivity index (χ4n) is 2.92. The summed E-state index contributed by atoms with van der Waals surface area (Å²) in [6.07, 6.45) is 0.940. The van der Waals surface area contributed by atoms with Crippen molar-refractivity contribution in [2.45, 2.75) is 18.2 Å². The molecular formula is C21H18ClN3O3S2. The van der Waals surface area contributed by atoms with Crippen LogP contribution in [-0.4, -0.2) is 25.6 Å². The zero-order valence-corrected chi connectivity index (χ0v) is 18.6. The predicted octanol–water partition coefficient (Wildman–Crippen LogP) is 5.51. The minimum atomic E-state index is -3.83. The van der Waals surface area contributed by atoms with Crippen molar-refractivity contribution in [2.75, 3.05) is 11.4 Å². The summed E-state index contributed by atoms with van der Waals surface area (Å²) in [5, 5.41) is 6.26. The molecule has 9 heteroatoms. The van der Waals surface area contributed by atoms with Crippen molar-refractivity contribution in [3.63, 3.8) is 0 Å². The first-order chi connectivity index (χ1) is 14.4. The summed E-state index contributed by atoms with van der Waals surface area (Å²) < 4.78 is 33.1. The van der Waals surface area contributed by atoms with Gasteiger partial charge in [-0.3, -0.25) is 4.31 Å². The van der Waals surface area contributed by atoms with Gasteiger partial charge in [0, 0.05) is 17.6 Å². The van der Waals surface area contributed by atoms with Crippen LogP contribution in [0.5, 0.6) is 0 Å². The quantitative estimate of drug-likeness (QED) is 0.380. The first kappa shape index (κ1) is 20.6. The molecule has 0 bridgehead atoms. The number of benzene rings is 2. The Labute approximate surface area is 183 Å². The molecular weight excluding hydrogens is 442 g/mol. The number of nitrogens with zero attached hydrogens (tertiary/aromatic N) is 3. The Morgan fingerprint density at radius 1 is 1.07 bits per heavy atom. The molecule has 0 aliphatic rings. The smallest absolute Gasteiger partial charge is 0.269 e. The van der Waals surface area contributed by atoms with E-state index in [1.807, 2.05) is 24.3 Å². The van der Waals surface area contributed by atoms with Crippen molar-refractivity contribution < 1.29 is 12.9 Å². The van der Waals surface area contributed by atoms with Crippen LogP contribution < -0.4 is 4.31 Å². The van der Waals surface area contributed by atoms with Crippen LogP contribution in [0.4, 0.5) is 5.69 Å². The van der Waals surface area contributed by atoms with Gasteiger partial charge in [-0.1, -0.05) is 47.9 Å². The molecule has 30 heavy (non-hydrogen) atoms. The molecule has 154 valence electrons. The number of thiophene rings is 1. The Hall–Kier alpha value is -2.68. The Bertz CT molecular complexity index is 1260. The van der Waals surface area contributed by atoms with E-state index in [0.717, 1.165) is 12.0 Å². The van der Waals surface area contributed by atoms with Gasteiger partial charge >= 0.3 is 0 Å². The molecule has 2 heterocycles. The standard InChI is InChI=1S/C21H18ClN3O3S2/c1-3-14-4-6-15(7-5-14)20-23-21(28-24-20)19-18(12-13-29-19)30(26,27)25(2)17-10-8-16(22)9-11-17/h4-13H,3H2,1-2H3. The lowest BCUT2D eigenvalue weighted by Gasteiger charge is -2.19. The van der Waals surface area contributed by atoms with E-state index >= 15 is 0 Å². The van der Waals surface area contributed by atoms with Crippen molar-refractivity contribution >= 4 is 38.6 Å². The largest absolute Gasteiger partial charge is 0.333 e. The first-order valence-corrected chi connectivity index (χ1v) is 11.9. The number of aryl methyl sites for hydroxylation is 1. The predicted molar refractivity (Wildman–Crippen MR) is 119 cm³/mol. The molecule has 0 aliphatic carbocycles. The second-order valence-electron chi connectivity index (χ2n) is 6.54. The van der Waals surface area contributed by atoms with Gasteiger partial charge in [-0.25, -0.2) is 8.42 Å². The first-order valence-electron chi connectivity index (χ1n) is 9.15. The van der Waals surface area contributed by atoms with E-state index in [1.165, 1.54) is 28.3 Å². The highest BCUT2D eigenvalue weighted by atomic mass is 35.5. The van der Waals surface area contributed by atoms with E-state index in [0.29, 0.717) is 21.4 Å². The molecule has 6 nitrogen and oxygen atoms in total. The summed E-state index contributed by atoms with van der Waals surface area (Å²) >= 11 is 7.15. The van der Waals surface area contributed by atoms with Gasteiger partial charge in [0.2, 0.25) is 5.82 Å². The van der Waals surface area contributed by atoms with Crippen LogP contribution in [0.2, 0.25) is 5.02 Å². The number of hydrogen-bond acceptors (Lipinski definition) is 6. The maximum atomic E-state index is 13.2. The van der Waals surface area contributed by atoms with Gasteiger partial charge in [0.05, 0.1) is 5.69 Å². The van der Waals surface area contributed by atoms with Gasteiger partial charge in [0.25, 0.3) is 15.9 Å². The van der Waals surface area contributed by atoms with E-state index in [-0.39, 0.29) is 10.8 Å². The van der Waals surface area contributed by atoms with E-state index in [1.54, 1.807) is 35.7 Å². The summed E-state index contributed by atoms with van der Waals surface area (Å²) in [5.41, 5.74) is 2.51. The van der Waals surface area contributed by atoms with Crippen LogP contribution in [0.25, 0.3) is 22.2 Å². The number of anilines is 1. The third-order valence-corrected chi connectivity index (χ3v) is 7.81. The van der Waals surface area contributed by atoms with Crippen LogP contribution in [-0.2, 0) is 16.4 Å². The van der Waals surface area contributed by atoms with Crippen LogP contribution in [0, 0.1) is 0 Å². The highest BCUT2D eigenvalue weighted by molar-refractivity contribution is 7.93. The molecule has 0 fully saturated rings. The van der Waals surface area contributed by atoms with Crippen LogP contribution in [0.1, 0.15) is 12.5 Å². The molecule has 0 aliphatic heterocycles. The Morgan fingerprint density at radius 2 is 1.77 bits per heavy atom. The minimum absolute atomic E-state index is 0.112. The van der Waals surface area contributed by atoms with Gasteiger partial charge in [-0.15, -0.1) is 11.3 Å². The summed E-state index contributed by atoms with van der Waals surface area (Å²) in [6.45, 7) is 2.08. The van der Waals surface area contributed by atoms with Crippen LogP contribution >= 0.6 is 22.9 Å². The Kier molecular flexibility index (Phi) is 5.64. The maximum Gasteiger partial charge on any atom is 0.269 e. The third-order valence-electron chi connectivity index (χ3n) is 4.70. The van der Waals surface area contributed by atoms with Gasteiger partial charge in [-0.2, -0.15) is 4.98 Å². The van der Waals surface area contributed by atoms with Gasteiger partial charge in [-0.05, 0) is 47.7 Å².